The smallest absolute Gasteiger partial charge is 0.255 e. The predicted octanol–water partition coefficient (Wildman–Crippen LogP) is 0.545. The third kappa shape index (κ3) is 2.99. The summed E-state index contributed by atoms with van der Waals surface area (Å²) in [6, 6.07) is 0. The monoisotopic (exact) mass is 256 g/mol. The van der Waals surface area contributed by atoms with Crippen molar-refractivity contribution in [2.75, 3.05) is 11.9 Å². The van der Waals surface area contributed by atoms with Crippen LogP contribution in [0.3, 0.4) is 0 Å². The number of nitrogens with one attached hydrogen (secondary N) is 1. The largest absolute Gasteiger partial charge is 0.364 e. The highest BCUT2D eigenvalue weighted by Gasteiger charge is 2.30. The molecular formula is C10H16N4O2S. The molecule has 0 spiro atoms. The lowest BCUT2D eigenvalue weighted by atomic mass is 10.2. The van der Waals surface area contributed by atoms with Gasteiger partial charge in [-0.15, -0.1) is 10.2 Å². The topological polar surface area (TPSA) is 90.1 Å². The molecule has 1 aliphatic rings. The average Bonchev–Trinajstić information content (AvgIpc) is 2.96. The Balaban J connectivity index is 1.89. The minimum absolute atomic E-state index is 0.00590. The summed E-state index contributed by atoms with van der Waals surface area (Å²) in [5.41, 5.74) is 5.49. The second-order valence-electron chi connectivity index (χ2n) is 3.90. The molecule has 2 heterocycles. The summed E-state index contributed by atoms with van der Waals surface area (Å²) in [4.78, 5) is 11.8. The number of nitrogens with zero attached hydrogens (tertiary/aromatic N) is 2. The molecule has 1 aromatic heterocycles. The minimum Gasteiger partial charge on any atom is -0.364 e. The van der Waals surface area contributed by atoms with Crippen LogP contribution in [0.25, 0.3) is 0 Å². The van der Waals surface area contributed by atoms with Crippen LogP contribution < -0.4 is 11.1 Å². The Morgan fingerprint density at radius 1 is 1.59 bits per heavy atom. The molecule has 3 N–H and O–H groups in total. The zero-order chi connectivity index (χ0) is 12.3. The highest BCUT2D eigenvalue weighted by atomic mass is 32.1. The number of amides is 1. The van der Waals surface area contributed by atoms with E-state index in [1.165, 1.54) is 11.3 Å². The molecule has 0 aliphatic carbocycles. The maximum atomic E-state index is 11.8. The van der Waals surface area contributed by atoms with Crippen LogP contribution in [-0.2, 0) is 16.0 Å². The van der Waals surface area contributed by atoms with Gasteiger partial charge in [0.1, 0.15) is 11.1 Å². The van der Waals surface area contributed by atoms with Crippen molar-refractivity contribution in [1.29, 1.82) is 0 Å². The van der Waals surface area contributed by atoms with Crippen LogP contribution in [0.4, 0.5) is 5.13 Å². The van der Waals surface area contributed by atoms with Gasteiger partial charge in [0.25, 0.3) is 5.91 Å². The SMILES string of the molecule is CCc1nnc(NC(=O)[C@@H]2CC[C@H](CN)O2)s1. The van der Waals surface area contributed by atoms with E-state index in [-0.39, 0.29) is 12.0 Å². The van der Waals surface area contributed by atoms with E-state index in [0.717, 1.165) is 17.8 Å². The fourth-order valence-corrected chi connectivity index (χ4v) is 2.39. The van der Waals surface area contributed by atoms with Crippen LogP contribution in [-0.4, -0.2) is 34.9 Å². The van der Waals surface area contributed by atoms with Crippen molar-refractivity contribution < 1.29 is 9.53 Å². The quantitative estimate of drug-likeness (QED) is 0.820. The van der Waals surface area contributed by atoms with E-state index >= 15 is 0 Å². The Morgan fingerprint density at radius 2 is 2.41 bits per heavy atom. The number of ether oxygens (including phenoxy) is 1. The van der Waals surface area contributed by atoms with Gasteiger partial charge < -0.3 is 10.5 Å². The molecule has 0 bridgehead atoms. The molecule has 1 fully saturated rings. The summed E-state index contributed by atoms with van der Waals surface area (Å²) in [6.45, 7) is 2.46. The molecule has 1 aliphatic heterocycles. The molecule has 1 aromatic rings. The number of hydrogen-bond donors (Lipinski definition) is 2. The van der Waals surface area contributed by atoms with Gasteiger partial charge in [-0.05, 0) is 19.3 Å². The molecular weight excluding hydrogens is 240 g/mol. The van der Waals surface area contributed by atoms with Crippen molar-refractivity contribution in [3.63, 3.8) is 0 Å². The summed E-state index contributed by atoms with van der Waals surface area (Å²) in [7, 11) is 0. The van der Waals surface area contributed by atoms with Gasteiger partial charge in [-0.25, -0.2) is 0 Å². The van der Waals surface area contributed by atoms with Crippen LogP contribution in [0.15, 0.2) is 0 Å². The molecule has 1 amide bonds. The molecule has 6 nitrogen and oxygen atoms in total. The van der Waals surface area contributed by atoms with Gasteiger partial charge >= 0.3 is 0 Å². The molecule has 2 atom stereocenters. The van der Waals surface area contributed by atoms with Crippen molar-refractivity contribution in [2.45, 2.75) is 38.4 Å². The normalized spacial score (nSPS) is 23.9. The molecule has 0 unspecified atom stereocenters. The third-order valence-electron chi connectivity index (χ3n) is 2.66. The number of rotatable bonds is 4. The highest BCUT2D eigenvalue weighted by Crippen LogP contribution is 2.21. The third-order valence-corrected chi connectivity index (χ3v) is 3.65. The Morgan fingerprint density at radius 3 is 3.00 bits per heavy atom. The van der Waals surface area contributed by atoms with E-state index in [1.807, 2.05) is 6.92 Å². The number of carbonyl (C=O) groups excluding carboxylic acids is 1. The number of carbonyl (C=O) groups is 1. The second-order valence-corrected chi connectivity index (χ2v) is 4.97. The molecule has 0 radical (unpaired) electrons. The lowest BCUT2D eigenvalue weighted by Gasteiger charge is -2.10. The fourth-order valence-electron chi connectivity index (χ4n) is 1.70. The van der Waals surface area contributed by atoms with Gasteiger partial charge in [0.2, 0.25) is 5.13 Å². The Hall–Kier alpha value is -1.05. The van der Waals surface area contributed by atoms with Crippen molar-refractivity contribution in [3.8, 4) is 0 Å². The summed E-state index contributed by atoms with van der Waals surface area (Å²) in [6.07, 6.45) is 1.98. The molecule has 0 saturated carbocycles. The van der Waals surface area contributed by atoms with Crippen LogP contribution in [0.1, 0.15) is 24.8 Å². The maximum Gasteiger partial charge on any atom is 0.255 e. The van der Waals surface area contributed by atoms with Crippen LogP contribution in [0, 0.1) is 0 Å². The molecule has 7 heteroatoms. The fraction of sp³-hybridized carbons (Fsp3) is 0.700. The number of aromatic nitrogens is 2. The van der Waals surface area contributed by atoms with Crippen molar-refractivity contribution >= 4 is 22.4 Å². The number of nitrogens with two attached hydrogens (primary N) is 1. The van der Waals surface area contributed by atoms with Gasteiger partial charge in [0.15, 0.2) is 0 Å². The first-order valence-electron chi connectivity index (χ1n) is 5.71. The second kappa shape index (κ2) is 5.52. The van der Waals surface area contributed by atoms with Gasteiger partial charge in [-0.2, -0.15) is 0 Å². The first-order valence-corrected chi connectivity index (χ1v) is 6.53. The molecule has 94 valence electrons. The van der Waals surface area contributed by atoms with E-state index < -0.39 is 6.10 Å². The lowest BCUT2D eigenvalue weighted by molar-refractivity contribution is -0.126. The van der Waals surface area contributed by atoms with Gasteiger partial charge in [-0.1, -0.05) is 18.3 Å². The predicted molar refractivity (Wildman–Crippen MR) is 64.9 cm³/mol. The Bertz CT molecular complexity index is 395. The first kappa shape index (κ1) is 12.4. The Kier molecular flexibility index (Phi) is 4.03. The maximum absolute atomic E-state index is 11.8. The zero-order valence-corrected chi connectivity index (χ0v) is 10.5. The van der Waals surface area contributed by atoms with Gasteiger partial charge in [-0.3, -0.25) is 10.1 Å². The molecule has 0 aromatic carbocycles. The van der Waals surface area contributed by atoms with E-state index in [2.05, 4.69) is 15.5 Å². The minimum atomic E-state index is -0.405. The van der Waals surface area contributed by atoms with E-state index in [9.17, 15) is 4.79 Å². The highest BCUT2D eigenvalue weighted by molar-refractivity contribution is 7.15. The lowest BCUT2D eigenvalue weighted by Crippen LogP contribution is -2.29. The molecule has 2 rings (SSSR count). The van der Waals surface area contributed by atoms with E-state index in [1.54, 1.807) is 0 Å². The van der Waals surface area contributed by atoms with Gasteiger partial charge in [0.05, 0.1) is 6.10 Å². The van der Waals surface area contributed by atoms with Crippen LogP contribution in [0.5, 0.6) is 0 Å². The Labute approximate surface area is 104 Å². The summed E-state index contributed by atoms with van der Waals surface area (Å²) in [5, 5.41) is 12.0. The number of hydrogen-bond acceptors (Lipinski definition) is 6. The van der Waals surface area contributed by atoms with E-state index in [4.69, 9.17) is 10.5 Å². The standard InChI is InChI=1S/C10H16N4O2S/c1-2-8-13-14-10(17-8)12-9(15)7-4-3-6(5-11)16-7/h6-7H,2-5,11H2,1H3,(H,12,14,15)/t6-,7+/m1/s1. The van der Waals surface area contributed by atoms with Crippen molar-refractivity contribution in [1.82, 2.24) is 10.2 Å². The summed E-state index contributed by atoms with van der Waals surface area (Å²) >= 11 is 1.39. The van der Waals surface area contributed by atoms with E-state index in [0.29, 0.717) is 18.1 Å². The number of aryl methyl sites for hydroxylation is 1. The number of anilines is 1. The summed E-state index contributed by atoms with van der Waals surface area (Å²) in [5.74, 6) is -0.153. The first-order chi connectivity index (χ1) is 8.22. The van der Waals surface area contributed by atoms with Crippen LogP contribution in [0.2, 0.25) is 0 Å². The summed E-state index contributed by atoms with van der Waals surface area (Å²) < 4.78 is 5.50. The van der Waals surface area contributed by atoms with Crippen LogP contribution >= 0.6 is 11.3 Å². The zero-order valence-electron chi connectivity index (χ0n) is 9.68. The van der Waals surface area contributed by atoms with Gasteiger partial charge in [0, 0.05) is 6.54 Å². The molecule has 1 saturated heterocycles. The average molecular weight is 256 g/mol. The van der Waals surface area contributed by atoms with Crippen molar-refractivity contribution in [2.24, 2.45) is 5.73 Å². The molecule has 17 heavy (non-hydrogen) atoms. The van der Waals surface area contributed by atoms with Crippen molar-refractivity contribution in [3.05, 3.63) is 5.01 Å².